The van der Waals surface area contributed by atoms with Crippen LogP contribution in [-0.4, -0.2) is 15.0 Å². The molecule has 5 heteroatoms. The molecule has 3 nitrogen and oxygen atoms in total. The molecule has 0 spiro atoms. The number of imidazole rings is 1. The summed E-state index contributed by atoms with van der Waals surface area (Å²) < 4.78 is 0. The molecule has 2 aromatic carbocycles. The van der Waals surface area contributed by atoms with Crippen LogP contribution in [0.2, 0.25) is 10.0 Å². The fourth-order valence-electron chi connectivity index (χ4n) is 2.88. The number of hydrogen-bond donors (Lipinski definition) is 2. The summed E-state index contributed by atoms with van der Waals surface area (Å²) in [5.41, 5.74) is 4.56. The van der Waals surface area contributed by atoms with E-state index in [1.54, 1.807) is 0 Å². The zero-order valence-electron chi connectivity index (χ0n) is 13.3. The van der Waals surface area contributed by atoms with Crippen molar-refractivity contribution in [3.8, 4) is 22.5 Å². The van der Waals surface area contributed by atoms with Crippen molar-refractivity contribution in [3.63, 3.8) is 0 Å². The SMILES string of the molecule is Clc1cccc(Cl)c1-c1nc(Cc2ccc[nH]2)[nH]c1-c1ccccc1. The Morgan fingerprint density at radius 2 is 1.60 bits per heavy atom. The van der Waals surface area contributed by atoms with Crippen LogP contribution in [0, 0.1) is 0 Å². The lowest BCUT2D eigenvalue weighted by molar-refractivity contribution is 0.993. The molecule has 0 amide bonds. The maximum Gasteiger partial charge on any atom is 0.113 e. The third-order valence-corrected chi connectivity index (χ3v) is 4.67. The predicted octanol–water partition coefficient (Wildman–Crippen LogP) is 5.97. The second-order valence-corrected chi connectivity index (χ2v) is 6.56. The van der Waals surface area contributed by atoms with Gasteiger partial charge in [-0.1, -0.05) is 59.6 Å². The van der Waals surface area contributed by atoms with Gasteiger partial charge in [0, 0.05) is 29.4 Å². The number of H-pyrrole nitrogens is 2. The van der Waals surface area contributed by atoms with E-state index in [4.69, 9.17) is 28.2 Å². The minimum absolute atomic E-state index is 0.586. The molecule has 4 aromatic rings. The Balaban J connectivity index is 1.88. The van der Waals surface area contributed by atoms with E-state index in [9.17, 15) is 0 Å². The predicted molar refractivity (Wildman–Crippen MR) is 103 cm³/mol. The Bertz CT molecular complexity index is 969. The molecule has 0 radical (unpaired) electrons. The van der Waals surface area contributed by atoms with Crippen LogP contribution in [0.4, 0.5) is 0 Å². The quantitative estimate of drug-likeness (QED) is 0.458. The standard InChI is InChI=1S/C20H15Cl2N3/c21-15-9-4-10-16(22)18(15)20-19(13-6-2-1-3-7-13)24-17(25-20)12-14-8-5-11-23-14/h1-11,23H,12H2,(H,24,25). The molecule has 0 atom stereocenters. The summed E-state index contributed by atoms with van der Waals surface area (Å²) in [6.07, 6.45) is 2.58. The molecule has 4 rings (SSSR count). The average molecular weight is 368 g/mol. The van der Waals surface area contributed by atoms with Crippen LogP contribution < -0.4 is 0 Å². The second-order valence-electron chi connectivity index (χ2n) is 5.74. The molecular formula is C20H15Cl2N3. The summed E-state index contributed by atoms with van der Waals surface area (Å²) in [6, 6.07) is 19.6. The Hall–Kier alpha value is -2.49. The zero-order valence-corrected chi connectivity index (χ0v) is 14.8. The lowest BCUT2D eigenvalue weighted by atomic mass is 10.1. The summed E-state index contributed by atoms with van der Waals surface area (Å²) in [6.45, 7) is 0. The van der Waals surface area contributed by atoms with Gasteiger partial charge >= 0.3 is 0 Å². The third-order valence-electron chi connectivity index (χ3n) is 4.04. The molecule has 2 heterocycles. The molecule has 0 aliphatic heterocycles. The van der Waals surface area contributed by atoms with E-state index in [1.165, 1.54) is 0 Å². The largest absolute Gasteiger partial charge is 0.365 e. The van der Waals surface area contributed by atoms with E-state index in [-0.39, 0.29) is 0 Å². The number of nitrogens with one attached hydrogen (secondary N) is 2. The van der Waals surface area contributed by atoms with Gasteiger partial charge in [0.05, 0.1) is 21.4 Å². The second kappa shape index (κ2) is 6.79. The number of hydrogen-bond acceptors (Lipinski definition) is 1. The van der Waals surface area contributed by atoms with Crippen molar-refractivity contribution in [3.05, 3.63) is 88.4 Å². The lowest BCUT2D eigenvalue weighted by Crippen LogP contribution is -1.90. The topological polar surface area (TPSA) is 44.5 Å². The van der Waals surface area contributed by atoms with E-state index in [1.807, 2.05) is 66.9 Å². The summed E-state index contributed by atoms with van der Waals surface area (Å²) in [4.78, 5) is 11.5. The molecule has 0 saturated heterocycles. The molecule has 0 aliphatic carbocycles. The number of aromatic nitrogens is 3. The van der Waals surface area contributed by atoms with Crippen LogP contribution in [0.1, 0.15) is 11.5 Å². The third kappa shape index (κ3) is 3.21. The van der Waals surface area contributed by atoms with Gasteiger partial charge in [-0.2, -0.15) is 0 Å². The van der Waals surface area contributed by atoms with E-state index < -0.39 is 0 Å². The van der Waals surface area contributed by atoms with Crippen molar-refractivity contribution in [1.82, 2.24) is 15.0 Å². The van der Waals surface area contributed by atoms with Gasteiger partial charge < -0.3 is 9.97 Å². The van der Waals surface area contributed by atoms with Gasteiger partial charge in [0.2, 0.25) is 0 Å². The molecule has 0 fully saturated rings. The smallest absolute Gasteiger partial charge is 0.113 e. The summed E-state index contributed by atoms with van der Waals surface area (Å²) in [5, 5.41) is 1.17. The highest BCUT2D eigenvalue weighted by molar-refractivity contribution is 6.39. The number of benzene rings is 2. The fraction of sp³-hybridized carbons (Fsp3) is 0.0500. The zero-order chi connectivity index (χ0) is 17.2. The van der Waals surface area contributed by atoms with Crippen molar-refractivity contribution < 1.29 is 0 Å². The van der Waals surface area contributed by atoms with Crippen LogP contribution in [0.3, 0.4) is 0 Å². The van der Waals surface area contributed by atoms with Gasteiger partial charge in [0.1, 0.15) is 5.82 Å². The van der Waals surface area contributed by atoms with Gasteiger partial charge in [0.25, 0.3) is 0 Å². The van der Waals surface area contributed by atoms with Crippen LogP contribution in [-0.2, 0) is 6.42 Å². The van der Waals surface area contributed by atoms with Gasteiger partial charge in [0.15, 0.2) is 0 Å². The first kappa shape index (κ1) is 16.0. The number of rotatable bonds is 4. The Morgan fingerprint density at radius 1 is 0.840 bits per heavy atom. The van der Waals surface area contributed by atoms with E-state index in [0.29, 0.717) is 16.5 Å². The molecule has 124 valence electrons. The van der Waals surface area contributed by atoms with Gasteiger partial charge in [-0.25, -0.2) is 4.98 Å². The Kier molecular flexibility index (Phi) is 4.35. The first-order valence-electron chi connectivity index (χ1n) is 7.93. The highest BCUT2D eigenvalue weighted by Crippen LogP contribution is 2.39. The van der Waals surface area contributed by atoms with Crippen LogP contribution >= 0.6 is 23.2 Å². The van der Waals surface area contributed by atoms with Crippen LogP contribution in [0.15, 0.2) is 66.9 Å². The molecule has 0 bridgehead atoms. The summed E-state index contributed by atoms with van der Waals surface area (Å²) in [7, 11) is 0. The maximum absolute atomic E-state index is 6.43. The molecule has 2 N–H and O–H groups in total. The Labute approximate surface area is 155 Å². The van der Waals surface area contributed by atoms with Gasteiger partial charge in [-0.05, 0) is 24.3 Å². The van der Waals surface area contributed by atoms with E-state index in [0.717, 1.165) is 34.0 Å². The normalized spacial score (nSPS) is 11.0. The minimum Gasteiger partial charge on any atom is -0.365 e. The number of nitrogens with zero attached hydrogens (tertiary/aromatic N) is 1. The van der Waals surface area contributed by atoms with Crippen molar-refractivity contribution in [2.45, 2.75) is 6.42 Å². The van der Waals surface area contributed by atoms with Crippen molar-refractivity contribution >= 4 is 23.2 Å². The van der Waals surface area contributed by atoms with E-state index >= 15 is 0 Å². The van der Waals surface area contributed by atoms with E-state index in [2.05, 4.69) is 9.97 Å². The van der Waals surface area contributed by atoms with Crippen molar-refractivity contribution in [1.29, 1.82) is 0 Å². The number of halogens is 2. The highest BCUT2D eigenvalue weighted by atomic mass is 35.5. The van der Waals surface area contributed by atoms with Crippen molar-refractivity contribution in [2.75, 3.05) is 0 Å². The van der Waals surface area contributed by atoms with Gasteiger partial charge in [-0.15, -0.1) is 0 Å². The minimum atomic E-state index is 0.586. The van der Waals surface area contributed by atoms with Gasteiger partial charge in [-0.3, -0.25) is 0 Å². The summed E-state index contributed by atoms with van der Waals surface area (Å²) in [5.74, 6) is 0.854. The molecule has 0 saturated carbocycles. The van der Waals surface area contributed by atoms with Crippen LogP contribution in [0.25, 0.3) is 22.5 Å². The monoisotopic (exact) mass is 367 g/mol. The molecule has 2 aromatic heterocycles. The first-order chi connectivity index (χ1) is 12.2. The van der Waals surface area contributed by atoms with Crippen molar-refractivity contribution in [2.24, 2.45) is 0 Å². The molecule has 0 unspecified atom stereocenters. The first-order valence-corrected chi connectivity index (χ1v) is 8.69. The maximum atomic E-state index is 6.43. The van der Waals surface area contributed by atoms with Crippen LogP contribution in [0.5, 0.6) is 0 Å². The summed E-state index contributed by atoms with van der Waals surface area (Å²) >= 11 is 12.9. The Morgan fingerprint density at radius 3 is 2.28 bits per heavy atom. The molecule has 25 heavy (non-hydrogen) atoms. The fourth-order valence-corrected chi connectivity index (χ4v) is 3.46. The average Bonchev–Trinajstić information content (AvgIpc) is 3.26. The number of aromatic amines is 2. The highest BCUT2D eigenvalue weighted by Gasteiger charge is 2.19. The molecular weight excluding hydrogens is 353 g/mol. The lowest BCUT2D eigenvalue weighted by Gasteiger charge is -2.07. The molecule has 0 aliphatic rings.